The first-order chi connectivity index (χ1) is 18.5. The lowest BCUT2D eigenvalue weighted by Crippen LogP contribution is -2.23. The van der Waals surface area contributed by atoms with E-state index in [1.807, 2.05) is 42.5 Å². The molecule has 11 heteroatoms. The molecule has 3 heterocycles. The molecule has 6 rings (SSSR count). The van der Waals surface area contributed by atoms with Crippen LogP contribution in [0, 0.1) is 5.92 Å². The number of hydrogen-bond acceptors (Lipinski definition) is 8. The van der Waals surface area contributed by atoms with E-state index in [2.05, 4.69) is 21.6 Å². The van der Waals surface area contributed by atoms with E-state index >= 15 is 0 Å². The number of hydrogen-bond donors (Lipinski definition) is 1. The number of anilines is 1. The lowest BCUT2D eigenvalue weighted by atomic mass is 9.89. The van der Waals surface area contributed by atoms with Gasteiger partial charge in [0.15, 0.2) is 5.16 Å². The van der Waals surface area contributed by atoms with Crippen LogP contribution in [0.1, 0.15) is 23.8 Å². The van der Waals surface area contributed by atoms with E-state index in [1.54, 1.807) is 28.0 Å². The van der Waals surface area contributed by atoms with Crippen LogP contribution in [0.2, 0.25) is 5.02 Å². The molecule has 1 aliphatic rings. The SMILES string of the molecule is CC1CCc2c(sc3nc(SCC(=O)Nc4nsc(-c5ccc(Cl)cc5)n4)n(-c4ccccc4)c(=O)c23)C1. The first-order valence-corrected chi connectivity index (χ1v) is 15.1. The molecule has 1 amide bonds. The molecule has 7 nitrogen and oxygen atoms in total. The Morgan fingerprint density at radius 3 is 2.74 bits per heavy atom. The Morgan fingerprint density at radius 2 is 1.95 bits per heavy atom. The highest BCUT2D eigenvalue weighted by Gasteiger charge is 2.25. The van der Waals surface area contributed by atoms with Gasteiger partial charge in [-0.15, -0.1) is 11.3 Å². The number of amides is 1. The molecule has 1 unspecified atom stereocenters. The Kier molecular flexibility index (Phi) is 7.05. The van der Waals surface area contributed by atoms with Crippen LogP contribution in [0.5, 0.6) is 0 Å². The second-order valence-corrected chi connectivity index (χ2v) is 12.4. The van der Waals surface area contributed by atoms with Crippen molar-refractivity contribution in [3.05, 3.63) is 80.4 Å². The lowest BCUT2D eigenvalue weighted by molar-refractivity contribution is -0.113. The fourth-order valence-corrected chi connectivity index (χ4v) is 7.54. The molecule has 0 spiro atoms. The molecule has 1 aliphatic carbocycles. The largest absolute Gasteiger partial charge is 0.293 e. The van der Waals surface area contributed by atoms with Crippen molar-refractivity contribution in [3.8, 4) is 16.3 Å². The fraction of sp³-hybridized carbons (Fsp3) is 0.222. The van der Waals surface area contributed by atoms with Gasteiger partial charge in [0, 0.05) is 15.5 Å². The second kappa shape index (κ2) is 10.6. The summed E-state index contributed by atoms with van der Waals surface area (Å²) in [6.45, 7) is 2.25. The summed E-state index contributed by atoms with van der Waals surface area (Å²) < 4.78 is 5.89. The van der Waals surface area contributed by atoms with E-state index in [0.717, 1.165) is 46.3 Å². The molecule has 2 aromatic carbocycles. The van der Waals surface area contributed by atoms with E-state index in [1.165, 1.54) is 28.2 Å². The third-order valence-corrected chi connectivity index (χ3v) is 9.52. The zero-order valence-electron chi connectivity index (χ0n) is 20.3. The van der Waals surface area contributed by atoms with Crippen LogP contribution in [-0.4, -0.2) is 30.6 Å². The van der Waals surface area contributed by atoms with Gasteiger partial charge in [0.2, 0.25) is 11.9 Å². The summed E-state index contributed by atoms with van der Waals surface area (Å²) in [7, 11) is 0. The number of thioether (sulfide) groups is 1. The number of carbonyl (C=O) groups is 1. The predicted octanol–water partition coefficient (Wildman–Crippen LogP) is 6.47. The predicted molar refractivity (Wildman–Crippen MR) is 156 cm³/mol. The molecule has 5 aromatic rings. The van der Waals surface area contributed by atoms with Gasteiger partial charge in [0.05, 0.1) is 16.8 Å². The van der Waals surface area contributed by atoms with Gasteiger partial charge < -0.3 is 0 Å². The van der Waals surface area contributed by atoms with Crippen LogP contribution >= 0.6 is 46.2 Å². The van der Waals surface area contributed by atoms with E-state index < -0.39 is 0 Å². The monoisotopic (exact) mass is 579 g/mol. The van der Waals surface area contributed by atoms with Crippen LogP contribution in [0.25, 0.3) is 26.5 Å². The molecule has 192 valence electrons. The highest BCUT2D eigenvalue weighted by atomic mass is 35.5. The maximum Gasteiger partial charge on any atom is 0.267 e. The Hall–Kier alpha value is -3.05. The number of aryl methyl sites for hydroxylation is 1. The quantitative estimate of drug-likeness (QED) is 0.183. The molecule has 0 aliphatic heterocycles. The Balaban J connectivity index is 1.27. The average molecular weight is 580 g/mol. The summed E-state index contributed by atoms with van der Waals surface area (Å²) in [6, 6.07) is 16.8. The standard InChI is InChI=1S/C27H22ClN5O2S3/c1-15-7-12-19-20(13-15)37-24-22(19)25(35)33(18-5-3-2-4-6-18)27(31-24)36-14-21(34)29-26-30-23(38-32-26)16-8-10-17(28)11-9-16/h2-6,8-11,15H,7,12-14H2,1H3,(H,29,32,34). The van der Waals surface area contributed by atoms with Crippen LogP contribution in [0.3, 0.4) is 0 Å². The number of carbonyl (C=O) groups excluding carboxylic acids is 1. The third kappa shape index (κ3) is 5.01. The number of nitrogens with zero attached hydrogens (tertiary/aromatic N) is 4. The number of aromatic nitrogens is 4. The van der Waals surface area contributed by atoms with Crippen LogP contribution in [0.15, 0.2) is 64.5 Å². The molecule has 3 aromatic heterocycles. The van der Waals surface area contributed by atoms with Crippen LogP contribution in [0.4, 0.5) is 5.95 Å². The van der Waals surface area contributed by atoms with Crippen molar-refractivity contribution in [1.29, 1.82) is 0 Å². The third-order valence-electron chi connectivity index (χ3n) is 6.41. The van der Waals surface area contributed by atoms with Crippen molar-refractivity contribution >= 4 is 68.3 Å². The summed E-state index contributed by atoms with van der Waals surface area (Å²) in [5.41, 5.74) is 2.67. The minimum atomic E-state index is -0.274. The van der Waals surface area contributed by atoms with E-state index in [9.17, 15) is 9.59 Å². The molecule has 1 atom stereocenters. The molecule has 0 bridgehead atoms. The number of fused-ring (bicyclic) bond motifs is 3. The van der Waals surface area contributed by atoms with E-state index in [-0.39, 0.29) is 23.2 Å². The molecule has 0 radical (unpaired) electrons. The first-order valence-electron chi connectivity index (χ1n) is 12.1. The van der Waals surface area contributed by atoms with Gasteiger partial charge in [0.25, 0.3) is 5.56 Å². The summed E-state index contributed by atoms with van der Waals surface area (Å²) >= 11 is 10.0. The van der Waals surface area contributed by atoms with Gasteiger partial charge in [-0.05, 0) is 66.5 Å². The van der Waals surface area contributed by atoms with E-state index in [4.69, 9.17) is 16.6 Å². The Morgan fingerprint density at radius 1 is 1.16 bits per heavy atom. The molecular formula is C27H22ClN5O2S3. The smallest absolute Gasteiger partial charge is 0.267 e. The van der Waals surface area contributed by atoms with Gasteiger partial charge in [-0.1, -0.05) is 60.6 Å². The van der Waals surface area contributed by atoms with Crippen molar-refractivity contribution in [1.82, 2.24) is 18.9 Å². The van der Waals surface area contributed by atoms with Crippen molar-refractivity contribution < 1.29 is 4.79 Å². The lowest BCUT2D eigenvalue weighted by Gasteiger charge is -2.17. The molecule has 0 saturated carbocycles. The molecular weight excluding hydrogens is 558 g/mol. The minimum absolute atomic E-state index is 0.0579. The van der Waals surface area contributed by atoms with Gasteiger partial charge in [0.1, 0.15) is 9.84 Å². The van der Waals surface area contributed by atoms with Crippen molar-refractivity contribution in [2.24, 2.45) is 5.92 Å². The zero-order valence-corrected chi connectivity index (χ0v) is 23.5. The number of halogens is 1. The molecule has 0 fully saturated rings. The number of rotatable bonds is 6. The molecule has 0 saturated heterocycles. The van der Waals surface area contributed by atoms with Crippen molar-refractivity contribution in [3.63, 3.8) is 0 Å². The van der Waals surface area contributed by atoms with Crippen LogP contribution < -0.4 is 10.9 Å². The second-order valence-electron chi connectivity index (χ2n) is 9.17. The van der Waals surface area contributed by atoms with E-state index in [0.29, 0.717) is 21.1 Å². The zero-order chi connectivity index (χ0) is 26.2. The minimum Gasteiger partial charge on any atom is -0.293 e. The number of benzene rings is 2. The summed E-state index contributed by atoms with van der Waals surface area (Å²) in [5.74, 6) is 0.629. The van der Waals surface area contributed by atoms with Gasteiger partial charge in [-0.2, -0.15) is 9.36 Å². The summed E-state index contributed by atoms with van der Waals surface area (Å²) in [5, 5.41) is 5.29. The van der Waals surface area contributed by atoms with Gasteiger partial charge in [-0.3, -0.25) is 19.5 Å². The van der Waals surface area contributed by atoms with Crippen molar-refractivity contribution in [2.45, 2.75) is 31.3 Å². The Labute approximate surface area is 236 Å². The highest BCUT2D eigenvalue weighted by Crippen LogP contribution is 2.37. The topological polar surface area (TPSA) is 89.8 Å². The number of nitrogens with one attached hydrogen (secondary N) is 1. The first kappa shape index (κ1) is 25.2. The number of thiophene rings is 1. The highest BCUT2D eigenvalue weighted by molar-refractivity contribution is 7.99. The summed E-state index contributed by atoms with van der Waals surface area (Å²) in [4.78, 5) is 38.0. The van der Waals surface area contributed by atoms with Gasteiger partial charge in [-0.25, -0.2) is 4.98 Å². The average Bonchev–Trinajstić information content (AvgIpc) is 3.52. The van der Waals surface area contributed by atoms with Crippen molar-refractivity contribution in [2.75, 3.05) is 11.1 Å². The number of para-hydroxylation sites is 1. The van der Waals surface area contributed by atoms with Crippen LogP contribution in [-0.2, 0) is 17.6 Å². The summed E-state index contributed by atoms with van der Waals surface area (Å²) in [6.07, 6.45) is 2.95. The molecule has 1 N–H and O–H groups in total. The maximum absolute atomic E-state index is 13.8. The maximum atomic E-state index is 13.8. The normalized spacial score (nSPS) is 14.9. The molecule has 38 heavy (non-hydrogen) atoms. The van der Waals surface area contributed by atoms with Gasteiger partial charge >= 0.3 is 0 Å². The Bertz CT molecular complexity index is 1700. The fourth-order valence-electron chi connectivity index (χ4n) is 4.55.